The summed E-state index contributed by atoms with van der Waals surface area (Å²) >= 11 is 5.87. The molecule has 82 valence electrons. The van der Waals surface area contributed by atoms with Gasteiger partial charge in [0.15, 0.2) is 0 Å². The van der Waals surface area contributed by atoms with Gasteiger partial charge in [0, 0.05) is 10.7 Å². The summed E-state index contributed by atoms with van der Waals surface area (Å²) in [6.45, 7) is 5.63. The average Bonchev–Trinajstić information content (AvgIpc) is 2.15. The number of benzene rings is 1. The lowest BCUT2D eigenvalue weighted by atomic mass is 9.99. The molecule has 0 radical (unpaired) electrons. The van der Waals surface area contributed by atoms with Gasteiger partial charge in [-0.1, -0.05) is 22.8 Å². The largest absolute Gasteiger partial charge is 0.411 e. The molecule has 0 spiro atoms. The van der Waals surface area contributed by atoms with Crippen LogP contribution >= 0.6 is 11.6 Å². The minimum atomic E-state index is -0.403. The lowest BCUT2D eigenvalue weighted by Gasteiger charge is -2.26. The van der Waals surface area contributed by atoms with E-state index in [0.717, 1.165) is 5.69 Å². The molecular formula is C11H15ClN2O. The zero-order chi connectivity index (χ0) is 11.5. The SMILES string of the molecule is CC(=NO)C(C)(C)Nc1cccc(Cl)c1. The van der Waals surface area contributed by atoms with E-state index >= 15 is 0 Å². The van der Waals surface area contributed by atoms with Crippen molar-refractivity contribution in [2.45, 2.75) is 26.3 Å². The Kier molecular flexibility index (Phi) is 3.58. The molecule has 2 N–H and O–H groups in total. The van der Waals surface area contributed by atoms with Crippen LogP contribution in [0.15, 0.2) is 29.4 Å². The normalized spacial score (nSPS) is 12.7. The Morgan fingerprint density at radius 2 is 2.13 bits per heavy atom. The maximum absolute atomic E-state index is 8.72. The first-order valence-corrected chi connectivity index (χ1v) is 5.06. The Morgan fingerprint density at radius 1 is 1.47 bits per heavy atom. The molecule has 3 nitrogen and oxygen atoms in total. The summed E-state index contributed by atoms with van der Waals surface area (Å²) in [5, 5.41) is 15.8. The maximum atomic E-state index is 8.72. The summed E-state index contributed by atoms with van der Waals surface area (Å²) < 4.78 is 0. The van der Waals surface area contributed by atoms with E-state index in [-0.39, 0.29) is 0 Å². The highest BCUT2D eigenvalue weighted by Gasteiger charge is 2.21. The molecule has 0 unspecified atom stereocenters. The molecule has 0 aromatic heterocycles. The van der Waals surface area contributed by atoms with Crippen molar-refractivity contribution < 1.29 is 5.21 Å². The van der Waals surface area contributed by atoms with E-state index in [1.807, 2.05) is 38.1 Å². The summed E-state index contributed by atoms with van der Waals surface area (Å²) in [6.07, 6.45) is 0. The Morgan fingerprint density at radius 3 is 2.67 bits per heavy atom. The maximum Gasteiger partial charge on any atom is 0.0787 e. The smallest absolute Gasteiger partial charge is 0.0787 e. The molecule has 0 fully saturated rings. The number of halogens is 1. The topological polar surface area (TPSA) is 44.6 Å². The van der Waals surface area contributed by atoms with Gasteiger partial charge in [-0.25, -0.2) is 0 Å². The number of hydrogen-bond acceptors (Lipinski definition) is 3. The number of oxime groups is 1. The predicted molar refractivity (Wildman–Crippen MR) is 64.0 cm³/mol. The average molecular weight is 227 g/mol. The minimum Gasteiger partial charge on any atom is -0.411 e. The van der Waals surface area contributed by atoms with Crippen LogP contribution in [-0.2, 0) is 0 Å². The summed E-state index contributed by atoms with van der Waals surface area (Å²) in [5.74, 6) is 0. The standard InChI is InChI=1S/C11H15ClN2O/c1-8(14-15)11(2,3)13-10-6-4-5-9(12)7-10/h4-7,13,15H,1-3H3. The molecule has 0 heterocycles. The number of nitrogens with zero attached hydrogens (tertiary/aromatic N) is 1. The van der Waals surface area contributed by atoms with Crippen molar-refractivity contribution in [3.05, 3.63) is 29.3 Å². The fourth-order valence-corrected chi connectivity index (χ4v) is 1.33. The molecule has 1 rings (SSSR count). The van der Waals surface area contributed by atoms with Crippen molar-refractivity contribution in [1.29, 1.82) is 0 Å². The Hall–Kier alpha value is -1.22. The van der Waals surface area contributed by atoms with Crippen LogP contribution in [0.1, 0.15) is 20.8 Å². The van der Waals surface area contributed by atoms with Gasteiger partial charge in [0.1, 0.15) is 0 Å². The van der Waals surface area contributed by atoms with E-state index in [9.17, 15) is 0 Å². The molecular weight excluding hydrogens is 212 g/mol. The van der Waals surface area contributed by atoms with Crippen molar-refractivity contribution in [2.24, 2.45) is 5.16 Å². The van der Waals surface area contributed by atoms with Gasteiger partial charge in [-0.15, -0.1) is 0 Å². The number of anilines is 1. The van der Waals surface area contributed by atoms with E-state index in [2.05, 4.69) is 10.5 Å². The molecule has 0 aliphatic rings. The second-order valence-electron chi connectivity index (χ2n) is 3.95. The van der Waals surface area contributed by atoms with Gasteiger partial charge < -0.3 is 10.5 Å². The van der Waals surface area contributed by atoms with Gasteiger partial charge in [0.25, 0.3) is 0 Å². The summed E-state index contributed by atoms with van der Waals surface area (Å²) in [5.41, 5.74) is 1.11. The Labute approximate surface area is 94.8 Å². The van der Waals surface area contributed by atoms with E-state index in [1.54, 1.807) is 6.92 Å². The fourth-order valence-electron chi connectivity index (χ4n) is 1.14. The third kappa shape index (κ3) is 3.13. The predicted octanol–water partition coefficient (Wildman–Crippen LogP) is 3.38. The first kappa shape index (κ1) is 11.9. The Bertz CT molecular complexity index is 375. The van der Waals surface area contributed by atoms with Crippen LogP contribution in [0.2, 0.25) is 5.02 Å². The molecule has 0 saturated carbocycles. The molecule has 0 amide bonds. The monoisotopic (exact) mass is 226 g/mol. The molecule has 0 atom stereocenters. The highest BCUT2D eigenvalue weighted by atomic mass is 35.5. The third-order valence-electron chi connectivity index (χ3n) is 2.34. The van der Waals surface area contributed by atoms with E-state index in [1.165, 1.54) is 0 Å². The molecule has 0 aliphatic carbocycles. The second kappa shape index (κ2) is 4.53. The van der Waals surface area contributed by atoms with Crippen molar-refractivity contribution in [3.63, 3.8) is 0 Å². The third-order valence-corrected chi connectivity index (χ3v) is 2.57. The van der Waals surface area contributed by atoms with Crippen LogP contribution in [0, 0.1) is 0 Å². The van der Waals surface area contributed by atoms with Gasteiger partial charge in [-0.05, 0) is 39.0 Å². The molecule has 0 saturated heterocycles. The van der Waals surface area contributed by atoms with Crippen LogP contribution in [0.25, 0.3) is 0 Å². The zero-order valence-electron chi connectivity index (χ0n) is 9.08. The molecule has 0 bridgehead atoms. The lowest BCUT2D eigenvalue weighted by molar-refractivity contribution is 0.314. The van der Waals surface area contributed by atoms with Gasteiger partial charge in [-0.2, -0.15) is 0 Å². The van der Waals surface area contributed by atoms with Crippen molar-refractivity contribution in [1.82, 2.24) is 0 Å². The highest BCUT2D eigenvalue weighted by Crippen LogP contribution is 2.20. The van der Waals surface area contributed by atoms with E-state index < -0.39 is 5.54 Å². The molecule has 15 heavy (non-hydrogen) atoms. The van der Waals surface area contributed by atoms with Crippen LogP contribution in [0.3, 0.4) is 0 Å². The first-order chi connectivity index (χ1) is 6.95. The zero-order valence-corrected chi connectivity index (χ0v) is 9.84. The quantitative estimate of drug-likeness (QED) is 0.472. The number of rotatable bonds is 3. The van der Waals surface area contributed by atoms with E-state index in [0.29, 0.717) is 10.7 Å². The first-order valence-electron chi connectivity index (χ1n) is 4.68. The molecule has 4 heteroatoms. The summed E-state index contributed by atoms with van der Waals surface area (Å²) in [4.78, 5) is 0. The minimum absolute atomic E-state index is 0.403. The summed E-state index contributed by atoms with van der Waals surface area (Å²) in [7, 11) is 0. The molecule has 1 aromatic rings. The highest BCUT2D eigenvalue weighted by molar-refractivity contribution is 6.30. The number of nitrogens with one attached hydrogen (secondary N) is 1. The van der Waals surface area contributed by atoms with Gasteiger partial charge >= 0.3 is 0 Å². The fraction of sp³-hybridized carbons (Fsp3) is 0.364. The van der Waals surface area contributed by atoms with Crippen LogP contribution in [0.5, 0.6) is 0 Å². The van der Waals surface area contributed by atoms with E-state index in [4.69, 9.17) is 16.8 Å². The van der Waals surface area contributed by atoms with Gasteiger partial charge in [-0.3, -0.25) is 0 Å². The molecule has 0 aliphatic heterocycles. The van der Waals surface area contributed by atoms with Gasteiger partial charge in [0.2, 0.25) is 0 Å². The van der Waals surface area contributed by atoms with Crippen molar-refractivity contribution >= 4 is 23.0 Å². The van der Waals surface area contributed by atoms with Crippen LogP contribution < -0.4 is 5.32 Å². The summed E-state index contributed by atoms with van der Waals surface area (Å²) in [6, 6.07) is 7.42. The molecule has 1 aromatic carbocycles. The number of hydrogen-bond donors (Lipinski definition) is 2. The van der Waals surface area contributed by atoms with Crippen LogP contribution in [0.4, 0.5) is 5.69 Å². The van der Waals surface area contributed by atoms with Crippen molar-refractivity contribution in [3.8, 4) is 0 Å². The lowest BCUT2D eigenvalue weighted by Crippen LogP contribution is -2.38. The van der Waals surface area contributed by atoms with Gasteiger partial charge in [0.05, 0.1) is 11.3 Å². The second-order valence-corrected chi connectivity index (χ2v) is 4.38. The van der Waals surface area contributed by atoms with Crippen molar-refractivity contribution in [2.75, 3.05) is 5.32 Å². The van der Waals surface area contributed by atoms with Crippen LogP contribution in [-0.4, -0.2) is 16.5 Å². The Balaban J connectivity index is 2.86.